The van der Waals surface area contributed by atoms with E-state index in [1.165, 1.54) is 11.6 Å². The second-order valence-electron chi connectivity index (χ2n) is 6.04. The Bertz CT molecular complexity index is 1280. The van der Waals surface area contributed by atoms with Gasteiger partial charge in [-0.2, -0.15) is 0 Å². The highest BCUT2D eigenvalue weighted by Gasteiger charge is 2.39. The first-order valence-electron chi connectivity index (χ1n) is 7.64. The van der Waals surface area contributed by atoms with E-state index in [1.54, 1.807) is 36.5 Å². The van der Waals surface area contributed by atoms with Crippen LogP contribution in [-0.4, -0.2) is 44.5 Å². The molecule has 3 heterocycles. The first kappa shape index (κ1) is 13.8. The van der Waals surface area contributed by atoms with Crippen LogP contribution in [0.15, 0.2) is 36.5 Å². The summed E-state index contributed by atoms with van der Waals surface area (Å²) in [7, 11) is 1.43. The van der Waals surface area contributed by atoms with Crippen molar-refractivity contribution >= 4 is 50.6 Å². The number of benzene rings is 2. The summed E-state index contributed by atoms with van der Waals surface area (Å²) in [5, 5.41) is 11.5. The van der Waals surface area contributed by atoms with Crippen molar-refractivity contribution in [3.8, 4) is 0 Å². The number of aromatic amines is 1. The van der Waals surface area contributed by atoms with Gasteiger partial charge in [0.2, 0.25) is 0 Å². The van der Waals surface area contributed by atoms with E-state index >= 15 is 0 Å². The maximum Gasteiger partial charge on any atom is 0.416 e. The molecule has 0 radical (unpaired) electrons. The minimum absolute atomic E-state index is 0.258. The van der Waals surface area contributed by atoms with E-state index in [0.29, 0.717) is 38.3 Å². The van der Waals surface area contributed by atoms with Crippen molar-refractivity contribution in [3.05, 3.63) is 47.7 Å². The van der Waals surface area contributed by atoms with Crippen molar-refractivity contribution in [3.63, 3.8) is 0 Å². The van der Waals surface area contributed by atoms with E-state index in [1.807, 2.05) is 0 Å². The molecule has 7 nitrogen and oxygen atoms in total. The summed E-state index contributed by atoms with van der Waals surface area (Å²) in [6.45, 7) is 0. The number of carboxylic acid groups (broad SMARTS) is 1. The van der Waals surface area contributed by atoms with Crippen molar-refractivity contribution < 1.29 is 19.5 Å². The minimum Gasteiger partial charge on any atom is -0.464 e. The number of carbonyl (C=O) groups is 3. The number of H-pyrrole nitrogens is 1. The highest BCUT2D eigenvalue weighted by atomic mass is 16.4. The third-order valence-corrected chi connectivity index (χ3v) is 4.86. The van der Waals surface area contributed by atoms with Gasteiger partial charge in [0.1, 0.15) is 0 Å². The lowest BCUT2D eigenvalue weighted by Gasteiger charge is -2.04. The number of nitrogens with one attached hydrogen (secondary N) is 1. The SMILES string of the molecule is CN1C(=O)c2c(c3c4ccccc4n(C(=O)O)c3c3cc[nH]c23)C1=O. The summed E-state index contributed by atoms with van der Waals surface area (Å²) in [5.41, 5.74) is 1.94. The molecule has 7 heteroatoms. The molecule has 0 bridgehead atoms. The van der Waals surface area contributed by atoms with Crippen LogP contribution < -0.4 is 0 Å². The van der Waals surface area contributed by atoms with Crippen LogP contribution >= 0.6 is 0 Å². The van der Waals surface area contributed by atoms with Crippen LogP contribution in [0.3, 0.4) is 0 Å². The smallest absolute Gasteiger partial charge is 0.416 e. The number of carbonyl (C=O) groups excluding carboxylic acids is 2. The summed E-state index contributed by atoms with van der Waals surface area (Å²) in [6.07, 6.45) is 0.503. The largest absolute Gasteiger partial charge is 0.464 e. The molecule has 0 unspecified atom stereocenters. The van der Waals surface area contributed by atoms with Crippen molar-refractivity contribution in [2.24, 2.45) is 0 Å². The predicted octanol–water partition coefficient (Wildman–Crippen LogP) is 3.03. The van der Waals surface area contributed by atoms with Gasteiger partial charge in [0.15, 0.2) is 0 Å². The topological polar surface area (TPSA) is 95.4 Å². The molecule has 1 aliphatic rings. The molecule has 5 rings (SSSR count). The Morgan fingerprint density at radius 3 is 2.52 bits per heavy atom. The molecule has 0 atom stereocenters. The molecule has 0 saturated carbocycles. The average Bonchev–Trinajstić information content (AvgIpc) is 3.25. The van der Waals surface area contributed by atoms with Crippen molar-refractivity contribution in [2.75, 3.05) is 7.05 Å². The third kappa shape index (κ3) is 1.43. The maximum atomic E-state index is 12.7. The van der Waals surface area contributed by atoms with Gasteiger partial charge in [-0.05, 0) is 12.1 Å². The summed E-state index contributed by atoms with van der Waals surface area (Å²) in [5.74, 6) is -0.809. The number of fused-ring (bicyclic) bond motifs is 8. The van der Waals surface area contributed by atoms with Crippen LogP contribution in [-0.2, 0) is 0 Å². The quantitative estimate of drug-likeness (QED) is 0.484. The van der Waals surface area contributed by atoms with E-state index in [0.717, 1.165) is 4.90 Å². The van der Waals surface area contributed by atoms with Crippen LogP contribution in [0.4, 0.5) is 4.79 Å². The van der Waals surface area contributed by atoms with Gasteiger partial charge < -0.3 is 10.1 Å². The van der Waals surface area contributed by atoms with Gasteiger partial charge in [0.25, 0.3) is 11.8 Å². The van der Waals surface area contributed by atoms with E-state index in [2.05, 4.69) is 4.98 Å². The number of imide groups is 1. The van der Waals surface area contributed by atoms with Gasteiger partial charge in [0.05, 0.1) is 27.7 Å². The number of rotatable bonds is 0. The fourth-order valence-electron chi connectivity index (χ4n) is 3.83. The highest BCUT2D eigenvalue weighted by Crippen LogP contribution is 2.42. The first-order valence-corrected chi connectivity index (χ1v) is 7.64. The second kappa shape index (κ2) is 4.27. The molecule has 0 spiro atoms. The number of nitrogens with zero attached hydrogens (tertiary/aromatic N) is 2. The Labute approximate surface area is 140 Å². The minimum atomic E-state index is -1.14. The monoisotopic (exact) mass is 333 g/mol. The molecule has 0 saturated heterocycles. The van der Waals surface area contributed by atoms with Gasteiger partial charge in [-0.15, -0.1) is 0 Å². The zero-order chi connectivity index (χ0) is 17.5. The molecular weight excluding hydrogens is 322 g/mol. The van der Waals surface area contributed by atoms with Gasteiger partial charge in [-0.1, -0.05) is 18.2 Å². The van der Waals surface area contributed by atoms with E-state index in [-0.39, 0.29) is 11.5 Å². The van der Waals surface area contributed by atoms with Crippen LogP contribution in [0.2, 0.25) is 0 Å². The molecule has 2 N–H and O–H groups in total. The first-order chi connectivity index (χ1) is 12.0. The van der Waals surface area contributed by atoms with Crippen LogP contribution in [0.1, 0.15) is 20.7 Å². The van der Waals surface area contributed by atoms with Gasteiger partial charge in [0, 0.05) is 29.4 Å². The van der Waals surface area contributed by atoms with Crippen molar-refractivity contribution in [1.29, 1.82) is 0 Å². The molecule has 2 aromatic carbocycles. The molecule has 0 aliphatic carbocycles. The Morgan fingerprint density at radius 2 is 1.76 bits per heavy atom. The molecule has 122 valence electrons. The summed E-state index contributed by atoms with van der Waals surface area (Å²) < 4.78 is 1.18. The zero-order valence-electron chi connectivity index (χ0n) is 13.0. The Kier molecular flexibility index (Phi) is 2.35. The lowest BCUT2D eigenvalue weighted by Crippen LogP contribution is -2.24. The van der Waals surface area contributed by atoms with E-state index in [4.69, 9.17) is 0 Å². The van der Waals surface area contributed by atoms with Gasteiger partial charge in [-0.3, -0.25) is 14.5 Å². The highest BCUT2D eigenvalue weighted by molar-refractivity contribution is 6.37. The molecular formula is C18H11N3O4. The summed E-state index contributed by atoms with van der Waals surface area (Å²) >= 11 is 0. The van der Waals surface area contributed by atoms with Crippen molar-refractivity contribution in [1.82, 2.24) is 14.5 Å². The third-order valence-electron chi connectivity index (χ3n) is 4.86. The molecule has 0 fully saturated rings. The number of aromatic nitrogens is 2. The molecule has 2 amide bonds. The van der Waals surface area contributed by atoms with Gasteiger partial charge in [-0.25, -0.2) is 9.36 Å². The van der Waals surface area contributed by atoms with Gasteiger partial charge >= 0.3 is 6.09 Å². The van der Waals surface area contributed by atoms with E-state index in [9.17, 15) is 19.5 Å². The number of amides is 2. The van der Waals surface area contributed by atoms with E-state index < -0.39 is 12.0 Å². The second-order valence-corrected chi connectivity index (χ2v) is 6.04. The normalized spacial score (nSPS) is 14.2. The molecule has 25 heavy (non-hydrogen) atoms. The molecule has 1 aliphatic heterocycles. The van der Waals surface area contributed by atoms with Crippen LogP contribution in [0, 0.1) is 0 Å². The Morgan fingerprint density at radius 1 is 1.04 bits per heavy atom. The molecule has 2 aromatic heterocycles. The number of hydrogen-bond acceptors (Lipinski definition) is 3. The maximum absolute atomic E-state index is 12.7. The van der Waals surface area contributed by atoms with Crippen LogP contribution in [0.5, 0.6) is 0 Å². The standard InChI is InChI=1S/C18H11N3O4/c1-20-16(22)12-11-8-4-2-3-5-10(8)21(18(24)25)15(11)9-6-7-19-14(9)13(12)17(20)23/h2-7,19H,1H3,(H,24,25). The number of hydrogen-bond donors (Lipinski definition) is 2. The Hall–Kier alpha value is -3.61. The van der Waals surface area contributed by atoms with Crippen molar-refractivity contribution in [2.45, 2.75) is 0 Å². The lowest BCUT2D eigenvalue weighted by atomic mass is 9.99. The fourth-order valence-corrected chi connectivity index (χ4v) is 3.83. The lowest BCUT2D eigenvalue weighted by molar-refractivity contribution is 0.0694. The number of para-hydroxylation sites is 1. The molecule has 4 aromatic rings. The average molecular weight is 333 g/mol. The summed E-state index contributed by atoms with van der Waals surface area (Å²) in [6, 6.07) is 8.72. The fraction of sp³-hybridized carbons (Fsp3) is 0.0556. The zero-order valence-corrected chi connectivity index (χ0v) is 13.0. The van der Waals surface area contributed by atoms with Crippen LogP contribution in [0.25, 0.3) is 32.7 Å². The Balaban J connectivity index is 2.21. The summed E-state index contributed by atoms with van der Waals surface area (Å²) in [4.78, 5) is 41.4. The predicted molar refractivity (Wildman–Crippen MR) is 91.1 cm³/mol.